The minimum atomic E-state index is -0.0635. The van der Waals surface area contributed by atoms with Crippen LogP contribution in [0.3, 0.4) is 0 Å². The Morgan fingerprint density at radius 2 is 1.67 bits per heavy atom. The predicted molar refractivity (Wildman–Crippen MR) is 121 cm³/mol. The largest absolute Gasteiger partial charge is 0.352 e. The Hall–Kier alpha value is -3.66. The highest BCUT2D eigenvalue weighted by atomic mass is 16.1. The monoisotopic (exact) mass is 395 g/mol. The fourth-order valence-corrected chi connectivity index (χ4v) is 3.63. The number of benzene rings is 2. The minimum absolute atomic E-state index is 0.0635. The van der Waals surface area contributed by atoms with E-state index in [0.29, 0.717) is 18.5 Å². The Kier molecular flexibility index (Phi) is 5.75. The number of nitrogens with one attached hydrogen (secondary N) is 1. The first-order valence-electron chi connectivity index (χ1n) is 10.2. The molecule has 1 amide bonds. The minimum Gasteiger partial charge on any atom is -0.352 e. The first kappa shape index (κ1) is 19.6. The second-order valence-electron chi connectivity index (χ2n) is 7.39. The molecule has 4 nitrogen and oxygen atoms in total. The third-order valence-corrected chi connectivity index (χ3v) is 5.25. The molecule has 0 bridgehead atoms. The molecule has 4 rings (SSSR count). The van der Waals surface area contributed by atoms with Crippen molar-refractivity contribution in [1.29, 1.82) is 0 Å². The van der Waals surface area contributed by atoms with E-state index >= 15 is 0 Å². The Bertz CT molecular complexity index is 1130. The highest BCUT2D eigenvalue weighted by Gasteiger charge is 2.19. The Morgan fingerprint density at radius 1 is 0.933 bits per heavy atom. The van der Waals surface area contributed by atoms with Crippen LogP contribution in [0.2, 0.25) is 0 Å². The van der Waals surface area contributed by atoms with Gasteiger partial charge in [0, 0.05) is 36.2 Å². The number of pyridine rings is 1. The first-order valence-corrected chi connectivity index (χ1v) is 10.2. The maximum atomic E-state index is 13.0. The Morgan fingerprint density at radius 3 is 2.37 bits per heavy atom. The Balaban J connectivity index is 1.65. The molecule has 4 aromatic rings. The molecule has 0 saturated carbocycles. The van der Waals surface area contributed by atoms with Crippen LogP contribution in [-0.4, -0.2) is 22.0 Å². The molecule has 0 saturated heterocycles. The van der Waals surface area contributed by atoms with E-state index in [1.807, 2.05) is 49.4 Å². The van der Waals surface area contributed by atoms with Gasteiger partial charge in [0.1, 0.15) is 0 Å². The van der Waals surface area contributed by atoms with Crippen molar-refractivity contribution in [2.45, 2.75) is 20.3 Å². The lowest BCUT2D eigenvalue weighted by molar-refractivity contribution is 0.0953. The quantitative estimate of drug-likeness (QED) is 0.492. The van der Waals surface area contributed by atoms with Gasteiger partial charge in [-0.05, 0) is 49.7 Å². The van der Waals surface area contributed by atoms with E-state index in [4.69, 9.17) is 0 Å². The summed E-state index contributed by atoms with van der Waals surface area (Å²) >= 11 is 0. The highest BCUT2D eigenvalue weighted by molar-refractivity contribution is 5.97. The molecule has 0 aliphatic carbocycles. The molecule has 4 heteroatoms. The molecule has 0 unspecified atom stereocenters. The van der Waals surface area contributed by atoms with Gasteiger partial charge in [0.05, 0.1) is 11.3 Å². The SMILES string of the molecule is Cc1ccc(-n2c(-c3ccccc3)cc(C(=O)NCCc3ccccn3)c2C)cc1. The zero-order valence-electron chi connectivity index (χ0n) is 17.3. The zero-order valence-corrected chi connectivity index (χ0v) is 17.3. The van der Waals surface area contributed by atoms with Gasteiger partial charge in [-0.1, -0.05) is 54.1 Å². The number of amides is 1. The lowest BCUT2D eigenvalue weighted by Gasteiger charge is -2.13. The molecule has 0 aliphatic rings. The van der Waals surface area contributed by atoms with Crippen molar-refractivity contribution >= 4 is 5.91 Å². The first-order chi connectivity index (χ1) is 14.6. The topological polar surface area (TPSA) is 46.9 Å². The fourth-order valence-electron chi connectivity index (χ4n) is 3.63. The standard InChI is InChI=1S/C26H25N3O/c1-19-11-13-23(14-12-19)29-20(2)24(18-25(29)21-8-4-3-5-9-21)26(30)28-17-15-22-10-6-7-16-27-22/h3-14,16,18H,15,17H2,1-2H3,(H,28,30). The van der Waals surface area contributed by atoms with Crippen LogP contribution in [0.15, 0.2) is 85.1 Å². The number of aryl methyl sites for hydroxylation is 1. The highest BCUT2D eigenvalue weighted by Crippen LogP contribution is 2.29. The van der Waals surface area contributed by atoms with Crippen LogP contribution in [0.4, 0.5) is 0 Å². The van der Waals surface area contributed by atoms with Gasteiger partial charge in [-0.15, -0.1) is 0 Å². The van der Waals surface area contributed by atoms with Gasteiger partial charge in [-0.2, -0.15) is 0 Å². The molecule has 1 N–H and O–H groups in total. The number of hydrogen-bond donors (Lipinski definition) is 1. The third-order valence-electron chi connectivity index (χ3n) is 5.25. The van der Waals surface area contributed by atoms with Crippen LogP contribution in [0.25, 0.3) is 16.9 Å². The summed E-state index contributed by atoms with van der Waals surface area (Å²) in [6, 6.07) is 26.4. The van der Waals surface area contributed by atoms with Crippen LogP contribution < -0.4 is 5.32 Å². The predicted octanol–water partition coefficient (Wildman–Crippen LogP) is 5.13. The van der Waals surface area contributed by atoms with E-state index in [9.17, 15) is 4.79 Å². The molecule has 30 heavy (non-hydrogen) atoms. The van der Waals surface area contributed by atoms with Crippen molar-refractivity contribution in [2.75, 3.05) is 6.54 Å². The zero-order chi connectivity index (χ0) is 20.9. The summed E-state index contributed by atoms with van der Waals surface area (Å²) in [6.07, 6.45) is 2.48. The number of hydrogen-bond acceptors (Lipinski definition) is 2. The van der Waals surface area contributed by atoms with Crippen LogP contribution >= 0.6 is 0 Å². The summed E-state index contributed by atoms with van der Waals surface area (Å²) in [5, 5.41) is 3.05. The molecular weight excluding hydrogens is 370 g/mol. The average Bonchev–Trinajstić information content (AvgIpc) is 3.13. The van der Waals surface area contributed by atoms with Gasteiger partial charge >= 0.3 is 0 Å². The summed E-state index contributed by atoms with van der Waals surface area (Å²) in [4.78, 5) is 17.3. The maximum absolute atomic E-state index is 13.0. The molecule has 0 atom stereocenters. The van der Waals surface area contributed by atoms with Gasteiger partial charge in [0.15, 0.2) is 0 Å². The molecule has 0 radical (unpaired) electrons. The molecule has 0 spiro atoms. The number of rotatable bonds is 6. The van der Waals surface area contributed by atoms with Crippen molar-refractivity contribution < 1.29 is 4.79 Å². The third kappa shape index (κ3) is 4.18. The van der Waals surface area contributed by atoms with Crippen LogP contribution in [0, 0.1) is 13.8 Å². The number of carbonyl (C=O) groups excluding carboxylic acids is 1. The second-order valence-corrected chi connectivity index (χ2v) is 7.39. The van der Waals surface area contributed by atoms with Gasteiger partial charge in [-0.3, -0.25) is 9.78 Å². The summed E-state index contributed by atoms with van der Waals surface area (Å²) < 4.78 is 2.16. The van der Waals surface area contributed by atoms with Crippen molar-refractivity contribution in [1.82, 2.24) is 14.9 Å². The molecule has 150 valence electrons. The van der Waals surface area contributed by atoms with Crippen molar-refractivity contribution in [3.8, 4) is 16.9 Å². The molecule has 0 fully saturated rings. The van der Waals surface area contributed by atoms with E-state index in [0.717, 1.165) is 28.3 Å². The van der Waals surface area contributed by atoms with E-state index in [-0.39, 0.29) is 5.91 Å². The Labute approximate surface area is 177 Å². The molecule has 2 aromatic carbocycles. The van der Waals surface area contributed by atoms with Gasteiger partial charge in [0.25, 0.3) is 5.91 Å². The number of aromatic nitrogens is 2. The smallest absolute Gasteiger partial charge is 0.253 e. The van der Waals surface area contributed by atoms with E-state index in [1.165, 1.54) is 5.56 Å². The van der Waals surface area contributed by atoms with Gasteiger partial charge in [-0.25, -0.2) is 0 Å². The number of nitrogens with zero attached hydrogens (tertiary/aromatic N) is 2. The number of carbonyl (C=O) groups is 1. The lowest BCUT2D eigenvalue weighted by Crippen LogP contribution is -2.26. The van der Waals surface area contributed by atoms with Crippen LogP contribution in [-0.2, 0) is 6.42 Å². The van der Waals surface area contributed by atoms with Gasteiger partial charge < -0.3 is 9.88 Å². The summed E-state index contributed by atoms with van der Waals surface area (Å²) in [7, 11) is 0. The van der Waals surface area contributed by atoms with Crippen molar-refractivity contribution in [3.05, 3.63) is 108 Å². The molecule has 2 aromatic heterocycles. The molecular formula is C26H25N3O. The second kappa shape index (κ2) is 8.78. The molecule has 0 aliphatic heterocycles. The average molecular weight is 396 g/mol. The van der Waals surface area contributed by atoms with Crippen LogP contribution in [0.5, 0.6) is 0 Å². The fraction of sp³-hybridized carbons (Fsp3) is 0.154. The molecule has 2 heterocycles. The normalized spacial score (nSPS) is 10.7. The van der Waals surface area contributed by atoms with Crippen molar-refractivity contribution in [2.24, 2.45) is 0 Å². The lowest BCUT2D eigenvalue weighted by atomic mass is 10.1. The summed E-state index contributed by atoms with van der Waals surface area (Å²) in [6.45, 7) is 4.62. The van der Waals surface area contributed by atoms with Gasteiger partial charge in [0.2, 0.25) is 0 Å². The summed E-state index contributed by atoms with van der Waals surface area (Å²) in [5.41, 5.74) is 6.92. The maximum Gasteiger partial charge on any atom is 0.253 e. The van der Waals surface area contributed by atoms with E-state index in [1.54, 1.807) is 6.20 Å². The van der Waals surface area contributed by atoms with E-state index in [2.05, 4.69) is 58.2 Å². The van der Waals surface area contributed by atoms with Crippen LogP contribution in [0.1, 0.15) is 27.3 Å². The summed E-state index contributed by atoms with van der Waals surface area (Å²) in [5.74, 6) is -0.0635. The van der Waals surface area contributed by atoms with Crippen molar-refractivity contribution in [3.63, 3.8) is 0 Å². The van der Waals surface area contributed by atoms with E-state index < -0.39 is 0 Å².